The van der Waals surface area contributed by atoms with Gasteiger partial charge in [-0.1, -0.05) is 18.9 Å². The van der Waals surface area contributed by atoms with E-state index in [0.29, 0.717) is 24.3 Å². The second-order valence-corrected chi connectivity index (χ2v) is 9.12. The highest BCUT2D eigenvalue weighted by atomic mass is 32.1. The summed E-state index contributed by atoms with van der Waals surface area (Å²) >= 11 is 5.70. The number of nitriles is 1. The molecule has 1 aliphatic carbocycles. The van der Waals surface area contributed by atoms with Crippen LogP contribution in [0.1, 0.15) is 42.4 Å². The minimum absolute atomic E-state index is 0.0212. The first-order chi connectivity index (χ1) is 16.7. The number of hydrogen-bond donors (Lipinski definition) is 1. The number of anilines is 2. The van der Waals surface area contributed by atoms with E-state index < -0.39 is 28.9 Å². The molecule has 0 unspecified atom stereocenters. The molecule has 6 nitrogen and oxygen atoms in total. The van der Waals surface area contributed by atoms with Gasteiger partial charge in [0.2, 0.25) is 0 Å². The predicted molar refractivity (Wildman–Crippen MR) is 127 cm³/mol. The van der Waals surface area contributed by atoms with Crippen LogP contribution in [0, 0.1) is 11.3 Å². The Bertz CT molecular complexity index is 1300. The predicted octanol–water partition coefficient (Wildman–Crippen LogP) is 4.79. The van der Waals surface area contributed by atoms with Crippen molar-refractivity contribution >= 4 is 40.7 Å². The number of alkyl halides is 3. The number of carbonyl (C=O) groups excluding carboxylic acids is 1. The number of fused-ring (bicyclic) bond motifs is 1. The Morgan fingerprint density at radius 3 is 2.54 bits per heavy atom. The Kier molecular flexibility index (Phi) is 5.57. The van der Waals surface area contributed by atoms with Gasteiger partial charge in [0, 0.05) is 11.3 Å². The van der Waals surface area contributed by atoms with Gasteiger partial charge in [-0.15, -0.1) is 0 Å². The Morgan fingerprint density at radius 1 is 1.17 bits per heavy atom. The van der Waals surface area contributed by atoms with Gasteiger partial charge in [0.25, 0.3) is 5.91 Å². The number of aliphatic hydroxyl groups excluding tert-OH is 1. The van der Waals surface area contributed by atoms with E-state index in [4.69, 9.17) is 22.2 Å². The third-order valence-corrected chi connectivity index (χ3v) is 7.10. The Morgan fingerprint density at radius 2 is 1.89 bits per heavy atom. The van der Waals surface area contributed by atoms with Crippen LogP contribution in [0.25, 0.3) is 6.08 Å². The Labute approximate surface area is 204 Å². The minimum atomic E-state index is -4.76. The number of thiocarbonyl (C=S) groups is 1. The number of halogens is 3. The number of carbonyl (C=O) groups is 1. The summed E-state index contributed by atoms with van der Waals surface area (Å²) in [6.07, 6.45) is 0.943. The summed E-state index contributed by atoms with van der Waals surface area (Å²) in [6, 6.07) is 10.1. The summed E-state index contributed by atoms with van der Waals surface area (Å²) in [6.45, 7) is -0.162. The van der Waals surface area contributed by atoms with Crippen molar-refractivity contribution in [2.24, 2.45) is 0 Å². The molecule has 2 heterocycles. The monoisotopic (exact) mass is 499 g/mol. The van der Waals surface area contributed by atoms with Crippen molar-refractivity contribution in [3.8, 4) is 11.8 Å². The SMILES string of the molecule is N#Cc1ccc(N2C(=O)C3(CCCC3)N(c3ccc4c(c3)C=C[C@H](CO)O4)C2=S)cc1C(F)(F)F. The quantitative estimate of drug-likeness (QED) is 0.612. The summed E-state index contributed by atoms with van der Waals surface area (Å²) < 4.78 is 46.6. The molecule has 0 bridgehead atoms. The van der Waals surface area contributed by atoms with Gasteiger partial charge in [-0.2, -0.15) is 18.4 Å². The average Bonchev–Trinajstić information content (AvgIpc) is 3.41. The maximum atomic E-state index is 13.8. The fourth-order valence-corrected chi connectivity index (χ4v) is 5.55. The van der Waals surface area contributed by atoms with E-state index in [2.05, 4.69) is 0 Å². The van der Waals surface area contributed by atoms with Crippen LogP contribution in [0.5, 0.6) is 5.75 Å². The van der Waals surface area contributed by atoms with Crippen LogP contribution in [0.4, 0.5) is 24.5 Å². The lowest BCUT2D eigenvalue weighted by Gasteiger charge is -2.33. The third-order valence-electron chi connectivity index (χ3n) is 6.73. The average molecular weight is 500 g/mol. The van der Waals surface area contributed by atoms with E-state index in [1.807, 2.05) is 12.1 Å². The first kappa shape index (κ1) is 23.3. The molecule has 2 fully saturated rings. The molecule has 1 saturated carbocycles. The second-order valence-electron chi connectivity index (χ2n) is 8.76. The number of benzene rings is 2. The zero-order chi connectivity index (χ0) is 25.0. The zero-order valence-electron chi connectivity index (χ0n) is 18.4. The van der Waals surface area contributed by atoms with Gasteiger partial charge >= 0.3 is 6.18 Å². The molecule has 1 atom stereocenters. The lowest BCUT2D eigenvalue weighted by molar-refractivity contribution is -0.137. The number of rotatable bonds is 3. The molecule has 1 saturated heterocycles. The molecule has 1 spiro atoms. The van der Waals surface area contributed by atoms with Crippen molar-refractivity contribution in [1.82, 2.24) is 0 Å². The van der Waals surface area contributed by atoms with Gasteiger partial charge < -0.3 is 14.7 Å². The summed E-state index contributed by atoms with van der Waals surface area (Å²) in [5.74, 6) is 0.202. The molecule has 2 aromatic carbocycles. The molecule has 2 aromatic rings. The van der Waals surface area contributed by atoms with Crippen molar-refractivity contribution in [3.05, 3.63) is 59.2 Å². The molecule has 1 amide bonds. The fraction of sp³-hybridized carbons (Fsp3) is 0.320. The second kappa shape index (κ2) is 8.36. The molecule has 2 aliphatic heterocycles. The van der Waals surface area contributed by atoms with Gasteiger partial charge in [0.15, 0.2) is 5.11 Å². The fourth-order valence-electron chi connectivity index (χ4n) is 5.08. The van der Waals surface area contributed by atoms with Gasteiger partial charge in [0.05, 0.1) is 29.5 Å². The zero-order valence-corrected chi connectivity index (χ0v) is 19.2. The molecule has 35 heavy (non-hydrogen) atoms. The van der Waals surface area contributed by atoms with E-state index in [1.165, 1.54) is 6.07 Å². The van der Waals surface area contributed by atoms with Gasteiger partial charge in [0.1, 0.15) is 17.4 Å². The van der Waals surface area contributed by atoms with Crippen LogP contribution in [-0.4, -0.2) is 34.4 Å². The molecular formula is C25H20F3N3O3S. The lowest BCUT2D eigenvalue weighted by atomic mass is 9.94. The lowest BCUT2D eigenvalue weighted by Crippen LogP contribution is -2.47. The van der Waals surface area contributed by atoms with Gasteiger partial charge in [-0.3, -0.25) is 9.69 Å². The summed E-state index contributed by atoms with van der Waals surface area (Å²) in [7, 11) is 0. The van der Waals surface area contributed by atoms with Crippen LogP contribution < -0.4 is 14.5 Å². The number of nitrogens with zero attached hydrogens (tertiary/aromatic N) is 3. The first-order valence-electron chi connectivity index (χ1n) is 11.1. The summed E-state index contributed by atoms with van der Waals surface area (Å²) in [4.78, 5) is 16.7. The van der Waals surface area contributed by atoms with Crippen LogP contribution in [0.3, 0.4) is 0 Å². The minimum Gasteiger partial charge on any atom is -0.483 e. The number of aliphatic hydroxyl groups is 1. The van der Waals surface area contributed by atoms with Crippen LogP contribution >= 0.6 is 12.2 Å². The van der Waals surface area contributed by atoms with Crippen molar-refractivity contribution in [2.45, 2.75) is 43.5 Å². The Hall–Kier alpha value is -3.42. The molecule has 0 radical (unpaired) electrons. The van der Waals surface area contributed by atoms with Crippen LogP contribution in [0.2, 0.25) is 0 Å². The molecular weight excluding hydrogens is 479 g/mol. The largest absolute Gasteiger partial charge is 0.483 e. The smallest absolute Gasteiger partial charge is 0.417 e. The summed E-state index contributed by atoms with van der Waals surface area (Å²) in [5.41, 5.74) is -1.27. The van der Waals surface area contributed by atoms with Crippen LogP contribution in [-0.2, 0) is 11.0 Å². The highest BCUT2D eigenvalue weighted by Gasteiger charge is 2.57. The van der Waals surface area contributed by atoms with E-state index in [9.17, 15) is 23.1 Å². The molecule has 1 N–H and O–H groups in total. The number of amides is 1. The maximum Gasteiger partial charge on any atom is 0.417 e. The third kappa shape index (κ3) is 3.66. The molecule has 180 valence electrons. The number of hydrogen-bond acceptors (Lipinski definition) is 5. The van der Waals surface area contributed by atoms with Crippen molar-refractivity contribution in [3.63, 3.8) is 0 Å². The molecule has 3 aliphatic rings. The normalized spacial score (nSPS) is 20.8. The topological polar surface area (TPSA) is 76.8 Å². The Balaban J connectivity index is 1.59. The number of ether oxygens (including phenoxy) is 1. The molecule has 0 aromatic heterocycles. The van der Waals surface area contributed by atoms with E-state index in [1.54, 1.807) is 29.2 Å². The highest BCUT2D eigenvalue weighted by Crippen LogP contribution is 2.47. The maximum absolute atomic E-state index is 13.8. The van der Waals surface area contributed by atoms with Crippen LogP contribution in [0.15, 0.2) is 42.5 Å². The summed E-state index contributed by atoms with van der Waals surface area (Å²) in [5, 5.41) is 18.6. The van der Waals surface area contributed by atoms with Gasteiger partial charge in [-0.05, 0) is 67.5 Å². The van der Waals surface area contributed by atoms with E-state index in [-0.39, 0.29) is 23.3 Å². The van der Waals surface area contributed by atoms with Crippen molar-refractivity contribution in [2.75, 3.05) is 16.4 Å². The van der Waals surface area contributed by atoms with Crippen molar-refractivity contribution in [1.29, 1.82) is 5.26 Å². The standard InChI is InChI=1S/C25H20F3N3O3S/c26-25(27,28)20-12-17(5-3-16(20)13-29)30-22(33)24(9-1-2-10-24)31(23(30)35)18-6-8-21-15(11-18)4-7-19(14-32)34-21/h3-8,11-12,19,32H,1-2,9-10,14H2/t19-/m1/s1. The van der Waals surface area contributed by atoms with E-state index >= 15 is 0 Å². The highest BCUT2D eigenvalue weighted by molar-refractivity contribution is 7.81. The van der Waals surface area contributed by atoms with Gasteiger partial charge in [-0.25, -0.2) is 0 Å². The molecule has 5 rings (SSSR count). The molecule has 10 heteroatoms. The van der Waals surface area contributed by atoms with E-state index in [0.717, 1.165) is 35.4 Å². The first-order valence-corrected chi connectivity index (χ1v) is 11.5. The van der Waals surface area contributed by atoms with Crippen molar-refractivity contribution < 1.29 is 27.8 Å².